The molecule has 1 aliphatic carbocycles. The highest BCUT2D eigenvalue weighted by molar-refractivity contribution is 6.35. The van der Waals surface area contributed by atoms with Crippen LogP contribution in [0.1, 0.15) is 35.3 Å². The Balaban J connectivity index is 1.95. The van der Waals surface area contributed by atoms with Crippen molar-refractivity contribution in [1.82, 2.24) is 10.3 Å². The van der Waals surface area contributed by atoms with Crippen molar-refractivity contribution >= 4 is 28.4 Å². The molecule has 0 aliphatic heterocycles. The summed E-state index contributed by atoms with van der Waals surface area (Å²) in [6.45, 7) is -3.17. The molecule has 1 aromatic heterocycles. The molecule has 158 valence electrons. The highest BCUT2D eigenvalue weighted by atomic mass is 35.5. The lowest BCUT2D eigenvalue weighted by Crippen LogP contribution is -2.29. The second-order valence-electron chi connectivity index (χ2n) is 6.72. The van der Waals surface area contributed by atoms with Crippen molar-refractivity contribution in [3.8, 4) is 5.75 Å². The zero-order valence-electron chi connectivity index (χ0n) is 14.7. The van der Waals surface area contributed by atoms with Gasteiger partial charge in [-0.1, -0.05) is 11.6 Å². The van der Waals surface area contributed by atoms with Crippen LogP contribution in [0.4, 0.5) is 26.3 Å². The smallest absolute Gasteiger partial charge is 0.418 e. The first-order valence-corrected chi connectivity index (χ1v) is 9.01. The van der Waals surface area contributed by atoms with Gasteiger partial charge in [0, 0.05) is 11.9 Å². The molecule has 0 spiro atoms. The molecule has 29 heavy (non-hydrogen) atoms. The van der Waals surface area contributed by atoms with E-state index in [0.717, 1.165) is 12.1 Å². The molecule has 1 fully saturated rings. The molecule has 2 atom stereocenters. The third-order valence-corrected chi connectivity index (χ3v) is 4.94. The number of amides is 1. The normalized spacial score (nSPS) is 19.7. The van der Waals surface area contributed by atoms with E-state index >= 15 is 0 Å². The number of carbonyl (C=O) groups excluding carboxylic acids is 1. The zero-order valence-corrected chi connectivity index (χ0v) is 15.5. The van der Waals surface area contributed by atoms with Crippen molar-refractivity contribution in [3.05, 3.63) is 34.5 Å². The largest absolute Gasteiger partial charge is 0.435 e. The Labute approximate surface area is 166 Å². The number of aromatic nitrogens is 1. The van der Waals surface area contributed by atoms with E-state index in [2.05, 4.69) is 15.0 Å². The topological polar surface area (TPSA) is 51.2 Å². The summed E-state index contributed by atoms with van der Waals surface area (Å²) >= 11 is 6.00. The molecule has 0 unspecified atom stereocenters. The first kappa shape index (κ1) is 21.5. The van der Waals surface area contributed by atoms with Crippen LogP contribution in [0.15, 0.2) is 18.2 Å². The van der Waals surface area contributed by atoms with Crippen LogP contribution >= 0.6 is 11.6 Å². The minimum Gasteiger partial charge on any atom is -0.435 e. The maximum Gasteiger partial charge on any atom is 0.418 e. The maximum atomic E-state index is 13.4. The predicted molar refractivity (Wildman–Crippen MR) is 93.0 cm³/mol. The molecule has 11 heteroatoms. The van der Waals surface area contributed by atoms with Gasteiger partial charge in [0.15, 0.2) is 0 Å². The molecule has 1 aromatic carbocycles. The number of nitrogens with one attached hydrogen (secondary N) is 1. The van der Waals surface area contributed by atoms with Crippen molar-refractivity contribution < 1.29 is 35.9 Å². The van der Waals surface area contributed by atoms with Crippen molar-refractivity contribution in [2.45, 2.75) is 38.2 Å². The lowest BCUT2D eigenvalue weighted by molar-refractivity contribution is -0.136. The SMILES string of the molecule is O=C(NC[C@H]1CC[C@H](F)C1)c1cc(Cl)c2cc(OC(F)F)cc(C(F)(F)F)c2n1. The fraction of sp³-hybridized carbons (Fsp3) is 0.444. The minimum absolute atomic E-state index is 0.0651. The van der Waals surface area contributed by atoms with Crippen LogP contribution in [0, 0.1) is 5.92 Å². The van der Waals surface area contributed by atoms with Crippen molar-refractivity contribution in [3.63, 3.8) is 0 Å². The van der Waals surface area contributed by atoms with Crippen molar-refractivity contribution in [2.75, 3.05) is 6.54 Å². The predicted octanol–water partition coefficient (Wildman–Crippen LogP) is 5.38. The Morgan fingerprint density at radius 2 is 2.00 bits per heavy atom. The number of halogens is 7. The van der Waals surface area contributed by atoms with E-state index in [1.807, 2.05) is 0 Å². The number of hydrogen-bond donors (Lipinski definition) is 1. The number of ether oxygens (including phenoxy) is 1. The second-order valence-corrected chi connectivity index (χ2v) is 7.13. The summed E-state index contributed by atoms with van der Waals surface area (Å²) in [7, 11) is 0. The molecule has 2 aromatic rings. The van der Waals surface area contributed by atoms with E-state index in [4.69, 9.17) is 11.6 Å². The second kappa shape index (κ2) is 8.25. The Morgan fingerprint density at radius 1 is 1.28 bits per heavy atom. The average Bonchev–Trinajstić information content (AvgIpc) is 3.03. The van der Waals surface area contributed by atoms with E-state index in [1.54, 1.807) is 0 Å². The first-order valence-electron chi connectivity index (χ1n) is 8.63. The fourth-order valence-electron chi connectivity index (χ4n) is 3.29. The van der Waals surface area contributed by atoms with E-state index < -0.39 is 41.7 Å². The number of carbonyl (C=O) groups is 1. The van der Waals surface area contributed by atoms with Crippen LogP contribution in [0.2, 0.25) is 5.02 Å². The van der Waals surface area contributed by atoms with Gasteiger partial charge in [-0.2, -0.15) is 22.0 Å². The molecule has 1 saturated carbocycles. The van der Waals surface area contributed by atoms with Gasteiger partial charge in [0.1, 0.15) is 17.6 Å². The van der Waals surface area contributed by atoms with E-state index in [-0.39, 0.29) is 28.6 Å². The van der Waals surface area contributed by atoms with Gasteiger partial charge in [-0.05, 0) is 43.4 Å². The number of benzene rings is 1. The van der Waals surface area contributed by atoms with Crippen LogP contribution in [0.3, 0.4) is 0 Å². The summed E-state index contributed by atoms with van der Waals surface area (Å²) in [5.41, 5.74) is -2.40. The van der Waals surface area contributed by atoms with Crippen LogP contribution < -0.4 is 10.1 Å². The minimum atomic E-state index is -4.95. The fourth-order valence-corrected chi connectivity index (χ4v) is 3.54. The first-order chi connectivity index (χ1) is 13.5. The van der Waals surface area contributed by atoms with Gasteiger partial charge >= 0.3 is 12.8 Å². The van der Waals surface area contributed by atoms with Crippen LogP contribution in [-0.2, 0) is 6.18 Å². The van der Waals surface area contributed by atoms with Crippen molar-refractivity contribution in [2.24, 2.45) is 5.92 Å². The van der Waals surface area contributed by atoms with E-state index in [9.17, 15) is 31.1 Å². The lowest BCUT2D eigenvalue weighted by atomic mass is 10.1. The van der Waals surface area contributed by atoms with Crippen LogP contribution in [-0.4, -0.2) is 30.2 Å². The standard InChI is InChI=1S/C18H15ClF6N2O2/c19-13-6-14(16(28)26-7-8-1-2-9(20)3-8)27-15-11(13)4-10(29-17(21)22)5-12(15)18(23,24)25/h4-6,8-9,17H,1-3,7H2,(H,26,28)/t8-,9-/m0/s1. The summed E-state index contributed by atoms with van der Waals surface area (Å²) in [6.07, 6.45) is -4.58. The van der Waals surface area contributed by atoms with Gasteiger partial charge in [0.25, 0.3) is 5.91 Å². The summed E-state index contributed by atoms with van der Waals surface area (Å²) in [5, 5.41) is 1.95. The van der Waals surface area contributed by atoms with Crippen molar-refractivity contribution in [1.29, 1.82) is 0 Å². The molecule has 4 nitrogen and oxygen atoms in total. The van der Waals surface area contributed by atoms with Gasteiger partial charge in [-0.3, -0.25) is 4.79 Å². The number of fused-ring (bicyclic) bond motifs is 1. The third kappa shape index (κ3) is 5.04. The van der Waals surface area contributed by atoms with Gasteiger partial charge in [-0.15, -0.1) is 0 Å². The van der Waals surface area contributed by atoms with E-state index in [0.29, 0.717) is 25.3 Å². The molecule has 0 saturated heterocycles. The molecule has 0 radical (unpaired) electrons. The van der Waals surface area contributed by atoms with Gasteiger partial charge in [-0.25, -0.2) is 9.37 Å². The molecule has 1 amide bonds. The highest BCUT2D eigenvalue weighted by Gasteiger charge is 2.35. The Hall–Kier alpha value is -2.23. The summed E-state index contributed by atoms with van der Waals surface area (Å²) < 4.78 is 82.4. The number of pyridine rings is 1. The highest BCUT2D eigenvalue weighted by Crippen LogP contribution is 2.39. The molecule has 1 aliphatic rings. The number of hydrogen-bond acceptors (Lipinski definition) is 3. The Bertz CT molecular complexity index is 921. The lowest BCUT2D eigenvalue weighted by Gasteiger charge is -2.15. The molecule has 0 bridgehead atoms. The third-order valence-electron chi connectivity index (χ3n) is 4.63. The Morgan fingerprint density at radius 3 is 2.59 bits per heavy atom. The quantitative estimate of drug-likeness (QED) is 0.635. The molecular formula is C18H15ClF6N2O2. The number of alkyl halides is 6. The zero-order chi connectivity index (χ0) is 21.3. The van der Waals surface area contributed by atoms with Crippen LogP contribution in [0.5, 0.6) is 5.75 Å². The molecule has 3 rings (SSSR count). The molecule has 1 heterocycles. The molecule has 1 N–H and O–H groups in total. The number of nitrogens with zero attached hydrogens (tertiary/aromatic N) is 1. The Kier molecular flexibility index (Phi) is 6.11. The van der Waals surface area contributed by atoms with E-state index in [1.165, 1.54) is 0 Å². The van der Waals surface area contributed by atoms with Crippen LogP contribution in [0.25, 0.3) is 10.9 Å². The maximum absolute atomic E-state index is 13.4. The molecular weight excluding hydrogens is 426 g/mol. The average molecular weight is 441 g/mol. The van der Waals surface area contributed by atoms with Gasteiger partial charge < -0.3 is 10.1 Å². The van der Waals surface area contributed by atoms with Gasteiger partial charge in [0.2, 0.25) is 0 Å². The summed E-state index contributed by atoms with van der Waals surface area (Å²) in [5.74, 6) is -1.57. The van der Waals surface area contributed by atoms with Gasteiger partial charge in [0.05, 0.1) is 16.1 Å². The monoisotopic (exact) mass is 440 g/mol. The number of rotatable bonds is 5. The summed E-state index contributed by atoms with van der Waals surface area (Å²) in [4.78, 5) is 16.1. The summed E-state index contributed by atoms with van der Waals surface area (Å²) in [6, 6.07) is 2.31.